The van der Waals surface area contributed by atoms with Crippen LogP contribution in [0.3, 0.4) is 0 Å². The highest BCUT2D eigenvalue weighted by molar-refractivity contribution is 5.34. The first kappa shape index (κ1) is 11.7. The summed E-state index contributed by atoms with van der Waals surface area (Å²) in [5.74, 6) is 0. The molecule has 3 heteroatoms. The first-order chi connectivity index (χ1) is 8.24. The van der Waals surface area contributed by atoms with E-state index in [1.165, 1.54) is 5.56 Å². The molecule has 0 fully saturated rings. The molecule has 88 valence electrons. The van der Waals surface area contributed by atoms with Crippen molar-refractivity contribution < 1.29 is 0 Å². The van der Waals surface area contributed by atoms with Gasteiger partial charge in [0.15, 0.2) is 0 Å². The molecular weight excluding hydrogens is 210 g/mol. The Balaban J connectivity index is 2.44. The third-order valence-corrected chi connectivity index (χ3v) is 3.02. The van der Waals surface area contributed by atoms with Gasteiger partial charge in [0.1, 0.15) is 0 Å². The van der Waals surface area contributed by atoms with Crippen LogP contribution in [-0.2, 0) is 6.42 Å². The summed E-state index contributed by atoms with van der Waals surface area (Å²) in [6.45, 7) is 4.16. The Morgan fingerprint density at radius 2 is 2.12 bits per heavy atom. The summed E-state index contributed by atoms with van der Waals surface area (Å²) in [6.07, 6.45) is 6.34. The van der Waals surface area contributed by atoms with E-state index in [0.29, 0.717) is 0 Å². The second-order valence-electron chi connectivity index (χ2n) is 4.11. The summed E-state index contributed by atoms with van der Waals surface area (Å²) in [4.78, 5) is 8.55. The summed E-state index contributed by atoms with van der Waals surface area (Å²) >= 11 is 0. The second-order valence-corrected chi connectivity index (χ2v) is 4.11. The lowest BCUT2D eigenvalue weighted by Crippen LogP contribution is -2.17. The summed E-state index contributed by atoms with van der Waals surface area (Å²) in [5, 5.41) is 0. The van der Waals surface area contributed by atoms with Crippen LogP contribution in [0.15, 0.2) is 36.8 Å². The molecule has 1 atom stereocenters. The van der Waals surface area contributed by atoms with Crippen LogP contribution < -0.4 is 5.73 Å². The highest BCUT2D eigenvalue weighted by Gasteiger charge is 2.15. The zero-order valence-corrected chi connectivity index (χ0v) is 10.2. The lowest BCUT2D eigenvalue weighted by Gasteiger charge is -2.16. The molecule has 2 aromatic rings. The van der Waals surface area contributed by atoms with Gasteiger partial charge in [0.2, 0.25) is 0 Å². The van der Waals surface area contributed by atoms with Crippen molar-refractivity contribution >= 4 is 0 Å². The van der Waals surface area contributed by atoms with Crippen LogP contribution in [0.4, 0.5) is 0 Å². The van der Waals surface area contributed by atoms with E-state index < -0.39 is 0 Å². The fraction of sp³-hybridized carbons (Fsp3) is 0.286. The van der Waals surface area contributed by atoms with Crippen LogP contribution in [0.1, 0.15) is 35.3 Å². The molecule has 0 aliphatic carbocycles. The van der Waals surface area contributed by atoms with Gasteiger partial charge in [-0.1, -0.05) is 13.0 Å². The average molecular weight is 227 g/mol. The van der Waals surface area contributed by atoms with Crippen molar-refractivity contribution in [2.45, 2.75) is 26.3 Å². The molecule has 0 amide bonds. The Labute approximate surface area is 102 Å². The molecule has 0 aliphatic heterocycles. The smallest absolute Gasteiger partial charge is 0.0746 e. The number of nitrogens with two attached hydrogens (primary N) is 1. The SMILES string of the molecule is CCc1cccnc1C(N)c1cnccc1C. The predicted molar refractivity (Wildman–Crippen MR) is 68.6 cm³/mol. The van der Waals surface area contributed by atoms with E-state index in [4.69, 9.17) is 5.73 Å². The topological polar surface area (TPSA) is 51.8 Å². The van der Waals surface area contributed by atoms with Crippen molar-refractivity contribution in [1.82, 2.24) is 9.97 Å². The van der Waals surface area contributed by atoms with E-state index in [0.717, 1.165) is 23.2 Å². The highest BCUT2D eigenvalue weighted by Crippen LogP contribution is 2.22. The number of hydrogen-bond donors (Lipinski definition) is 1. The van der Waals surface area contributed by atoms with E-state index in [1.807, 2.05) is 25.3 Å². The lowest BCUT2D eigenvalue weighted by molar-refractivity contribution is 0.794. The Bertz CT molecular complexity index is 508. The normalized spacial score (nSPS) is 12.4. The number of pyridine rings is 2. The molecule has 0 aliphatic rings. The minimum Gasteiger partial charge on any atom is -0.319 e. The Morgan fingerprint density at radius 1 is 1.29 bits per heavy atom. The monoisotopic (exact) mass is 227 g/mol. The van der Waals surface area contributed by atoms with E-state index in [9.17, 15) is 0 Å². The molecular formula is C14H17N3. The van der Waals surface area contributed by atoms with Crippen molar-refractivity contribution in [2.75, 3.05) is 0 Å². The number of aromatic nitrogens is 2. The van der Waals surface area contributed by atoms with Crippen LogP contribution in [0.5, 0.6) is 0 Å². The van der Waals surface area contributed by atoms with Gasteiger partial charge in [0, 0.05) is 18.6 Å². The van der Waals surface area contributed by atoms with Crippen LogP contribution in [0.2, 0.25) is 0 Å². The maximum absolute atomic E-state index is 6.29. The van der Waals surface area contributed by atoms with Gasteiger partial charge >= 0.3 is 0 Å². The Kier molecular flexibility index (Phi) is 3.49. The van der Waals surface area contributed by atoms with Gasteiger partial charge in [0.05, 0.1) is 11.7 Å². The Hall–Kier alpha value is -1.74. The molecule has 2 N–H and O–H groups in total. The molecule has 0 radical (unpaired) electrons. The van der Waals surface area contributed by atoms with Gasteiger partial charge in [-0.05, 0) is 42.2 Å². The van der Waals surface area contributed by atoms with Gasteiger partial charge in [-0.3, -0.25) is 9.97 Å². The molecule has 0 saturated carbocycles. The fourth-order valence-corrected chi connectivity index (χ4v) is 1.98. The molecule has 2 heterocycles. The number of rotatable bonds is 3. The first-order valence-electron chi connectivity index (χ1n) is 5.84. The molecule has 0 spiro atoms. The van der Waals surface area contributed by atoms with Crippen molar-refractivity contribution in [2.24, 2.45) is 5.73 Å². The summed E-state index contributed by atoms with van der Waals surface area (Å²) in [7, 11) is 0. The number of hydrogen-bond acceptors (Lipinski definition) is 3. The van der Waals surface area contributed by atoms with Crippen molar-refractivity contribution in [3.05, 3.63) is 59.2 Å². The first-order valence-corrected chi connectivity index (χ1v) is 5.84. The average Bonchev–Trinajstić information content (AvgIpc) is 2.38. The van der Waals surface area contributed by atoms with Gasteiger partial charge in [-0.2, -0.15) is 0 Å². The molecule has 17 heavy (non-hydrogen) atoms. The van der Waals surface area contributed by atoms with Gasteiger partial charge < -0.3 is 5.73 Å². The van der Waals surface area contributed by atoms with Crippen LogP contribution >= 0.6 is 0 Å². The molecule has 2 aromatic heterocycles. The third-order valence-electron chi connectivity index (χ3n) is 3.02. The van der Waals surface area contributed by atoms with Crippen LogP contribution in [0.25, 0.3) is 0 Å². The van der Waals surface area contributed by atoms with E-state index in [-0.39, 0.29) is 6.04 Å². The molecule has 1 unspecified atom stereocenters. The largest absolute Gasteiger partial charge is 0.319 e. The summed E-state index contributed by atoms with van der Waals surface area (Å²) in [6, 6.07) is 5.81. The number of aryl methyl sites for hydroxylation is 2. The van der Waals surface area contributed by atoms with Crippen LogP contribution in [-0.4, -0.2) is 9.97 Å². The van der Waals surface area contributed by atoms with Crippen LogP contribution in [0, 0.1) is 6.92 Å². The molecule has 2 rings (SSSR count). The maximum Gasteiger partial charge on any atom is 0.0746 e. The summed E-state index contributed by atoms with van der Waals surface area (Å²) < 4.78 is 0. The molecule has 0 saturated heterocycles. The maximum atomic E-state index is 6.29. The Morgan fingerprint density at radius 3 is 2.82 bits per heavy atom. The molecule has 3 nitrogen and oxygen atoms in total. The highest BCUT2D eigenvalue weighted by atomic mass is 14.8. The molecule has 0 bridgehead atoms. The standard InChI is InChI=1S/C14H17N3/c1-3-11-5-4-7-17-14(11)13(15)12-9-16-8-6-10(12)2/h4-9,13H,3,15H2,1-2H3. The fourth-order valence-electron chi connectivity index (χ4n) is 1.98. The zero-order chi connectivity index (χ0) is 12.3. The van der Waals surface area contributed by atoms with E-state index in [2.05, 4.69) is 23.0 Å². The van der Waals surface area contributed by atoms with Gasteiger partial charge in [-0.15, -0.1) is 0 Å². The van der Waals surface area contributed by atoms with Crippen molar-refractivity contribution in [3.8, 4) is 0 Å². The molecule has 0 aromatic carbocycles. The third kappa shape index (κ3) is 2.34. The van der Waals surface area contributed by atoms with Crippen molar-refractivity contribution in [1.29, 1.82) is 0 Å². The minimum absolute atomic E-state index is 0.195. The van der Waals surface area contributed by atoms with E-state index >= 15 is 0 Å². The van der Waals surface area contributed by atoms with Crippen molar-refractivity contribution in [3.63, 3.8) is 0 Å². The second kappa shape index (κ2) is 5.06. The lowest BCUT2D eigenvalue weighted by atomic mass is 9.97. The summed E-state index contributed by atoms with van der Waals surface area (Å²) in [5.41, 5.74) is 10.6. The number of nitrogens with zero attached hydrogens (tertiary/aromatic N) is 2. The van der Waals surface area contributed by atoms with Gasteiger partial charge in [0.25, 0.3) is 0 Å². The predicted octanol–water partition coefficient (Wildman–Crippen LogP) is 2.40. The zero-order valence-electron chi connectivity index (χ0n) is 10.2. The van der Waals surface area contributed by atoms with E-state index in [1.54, 1.807) is 12.4 Å². The minimum atomic E-state index is -0.195. The van der Waals surface area contributed by atoms with Gasteiger partial charge in [-0.25, -0.2) is 0 Å². The quantitative estimate of drug-likeness (QED) is 0.876.